The number of para-hydroxylation sites is 2. The average molecular weight is 411 g/mol. The summed E-state index contributed by atoms with van der Waals surface area (Å²) in [4.78, 5) is 35.1. The number of fused-ring (bicyclic) bond motifs is 1. The molecule has 0 fully saturated rings. The second-order valence-electron chi connectivity index (χ2n) is 5.83. The third-order valence-electron chi connectivity index (χ3n) is 3.87. The van der Waals surface area contributed by atoms with Crippen LogP contribution < -0.4 is 10.6 Å². The zero-order valence-corrected chi connectivity index (χ0v) is 14.8. The number of hydrogen-bond acceptors (Lipinski definition) is 5. The van der Waals surface area contributed by atoms with E-state index in [1.54, 1.807) is 0 Å². The highest BCUT2D eigenvalue weighted by Gasteiger charge is 2.34. The molecule has 2 amide bonds. The number of rotatable bonds is 4. The van der Waals surface area contributed by atoms with E-state index in [1.165, 1.54) is 30.3 Å². The third-order valence-corrected chi connectivity index (χ3v) is 5.15. The maximum absolute atomic E-state index is 12.8. The molecule has 0 saturated carbocycles. The van der Waals surface area contributed by atoms with E-state index in [0.717, 1.165) is 23.9 Å². The van der Waals surface area contributed by atoms with Crippen LogP contribution in [-0.2, 0) is 15.8 Å². The molecule has 0 radical (unpaired) electrons. The Morgan fingerprint density at radius 1 is 1.25 bits per heavy atom. The Kier molecular flexibility index (Phi) is 5.27. The summed E-state index contributed by atoms with van der Waals surface area (Å²) in [5.41, 5.74) is -1.16. The minimum absolute atomic E-state index is 0.00561. The van der Waals surface area contributed by atoms with E-state index in [1.807, 2.05) is 0 Å². The summed E-state index contributed by atoms with van der Waals surface area (Å²) in [6.45, 7) is 0. The van der Waals surface area contributed by atoms with Gasteiger partial charge in [0.25, 0.3) is 5.69 Å². The highest BCUT2D eigenvalue weighted by molar-refractivity contribution is 8.01. The lowest BCUT2D eigenvalue weighted by atomic mass is 10.1. The van der Waals surface area contributed by atoms with Crippen LogP contribution in [0.1, 0.15) is 12.0 Å². The Morgan fingerprint density at radius 2 is 1.96 bits per heavy atom. The molecule has 0 aliphatic carbocycles. The number of amides is 2. The second kappa shape index (κ2) is 7.50. The van der Waals surface area contributed by atoms with Gasteiger partial charge in [0.1, 0.15) is 5.69 Å². The molecule has 1 unspecified atom stereocenters. The lowest BCUT2D eigenvalue weighted by Gasteiger charge is -2.24. The van der Waals surface area contributed by atoms with Gasteiger partial charge in [-0.2, -0.15) is 13.2 Å². The molecule has 1 heterocycles. The van der Waals surface area contributed by atoms with Crippen LogP contribution in [0.25, 0.3) is 0 Å². The van der Waals surface area contributed by atoms with Gasteiger partial charge >= 0.3 is 6.18 Å². The number of anilines is 2. The monoisotopic (exact) mass is 411 g/mol. The van der Waals surface area contributed by atoms with Gasteiger partial charge in [0.15, 0.2) is 0 Å². The summed E-state index contributed by atoms with van der Waals surface area (Å²) < 4.78 is 38.3. The quantitative estimate of drug-likeness (QED) is 0.584. The number of thioether (sulfide) groups is 1. The summed E-state index contributed by atoms with van der Waals surface area (Å²) in [6, 6.07) is 8.51. The van der Waals surface area contributed by atoms with Gasteiger partial charge in [0.2, 0.25) is 11.8 Å². The SMILES string of the molecule is O=C(CC1Sc2ccc(C(F)(F)F)cc2NC1=O)Nc1ccccc1[N+](=O)[O-]. The van der Waals surface area contributed by atoms with Crippen molar-refractivity contribution < 1.29 is 27.7 Å². The van der Waals surface area contributed by atoms with E-state index in [-0.39, 0.29) is 23.5 Å². The molecule has 146 valence electrons. The Morgan fingerprint density at radius 3 is 2.64 bits per heavy atom. The number of nitrogens with one attached hydrogen (secondary N) is 2. The zero-order chi connectivity index (χ0) is 20.5. The van der Waals surface area contributed by atoms with Gasteiger partial charge in [-0.3, -0.25) is 19.7 Å². The van der Waals surface area contributed by atoms with Crippen LogP contribution in [0.4, 0.5) is 30.2 Å². The van der Waals surface area contributed by atoms with E-state index < -0.39 is 33.7 Å². The predicted octanol–water partition coefficient (Wildman–Crippen LogP) is 4.06. The van der Waals surface area contributed by atoms with Crippen LogP contribution in [0, 0.1) is 10.1 Å². The Balaban J connectivity index is 1.72. The molecule has 1 aliphatic rings. The van der Waals surface area contributed by atoms with Crippen molar-refractivity contribution >= 4 is 40.6 Å². The van der Waals surface area contributed by atoms with Gasteiger partial charge in [0.05, 0.1) is 21.4 Å². The minimum Gasteiger partial charge on any atom is -0.324 e. The number of carbonyl (C=O) groups excluding carboxylic acids is 2. The van der Waals surface area contributed by atoms with Gasteiger partial charge in [-0.25, -0.2) is 0 Å². The van der Waals surface area contributed by atoms with Crippen LogP contribution in [0.3, 0.4) is 0 Å². The fraction of sp³-hybridized carbons (Fsp3) is 0.176. The van der Waals surface area contributed by atoms with Crippen molar-refractivity contribution in [3.05, 3.63) is 58.1 Å². The number of hydrogen-bond donors (Lipinski definition) is 2. The van der Waals surface area contributed by atoms with Crippen LogP contribution in [0.2, 0.25) is 0 Å². The topological polar surface area (TPSA) is 101 Å². The third kappa shape index (κ3) is 4.25. The number of carbonyl (C=O) groups is 2. The molecule has 7 nitrogen and oxygen atoms in total. The van der Waals surface area contributed by atoms with Crippen molar-refractivity contribution in [1.29, 1.82) is 0 Å². The molecular weight excluding hydrogens is 399 g/mol. The molecule has 0 saturated heterocycles. The first-order chi connectivity index (χ1) is 13.1. The zero-order valence-electron chi connectivity index (χ0n) is 13.9. The van der Waals surface area contributed by atoms with Crippen LogP contribution in [-0.4, -0.2) is 22.0 Å². The standard InChI is InChI=1S/C17H12F3N3O4S/c18-17(19,20)9-5-6-13-11(7-9)22-16(25)14(28-13)8-15(24)21-10-3-1-2-4-12(10)23(26)27/h1-7,14H,8H2,(H,21,24)(H,22,25). The van der Waals surface area contributed by atoms with E-state index in [2.05, 4.69) is 10.6 Å². The molecule has 1 atom stereocenters. The molecule has 1 aliphatic heterocycles. The van der Waals surface area contributed by atoms with Crippen LogP contribution >= 0.6 is 11.8 Å². The maximum atomic E-state index is 12.8. The first-order valence-corrected chi connectivity index (χ1v) is 8.75. The minimum atomic E-state index is -4.54. The first kappa shape index (κ1) is 19.7. The molecule has 2 aromatic rings. The fourth-order valence-electron chi connectivity index (χ4n) is 2.57. The molecule has 2 aromatic carbocycles. The van der Waals surface area contributed by atoms with Crippen molar-refractivity contribution in [1.82, 2.24) is 0 Å². The van der Waals surface area contributed by atoms with Crippen molar-refractivity contribution in [2.24, 2.45) is 0 Å². The molecule has 0 aromatic heterocycles. The molecule has 2 N–H and O–H groups in total. The van der Waals surface area contributed by atoms with E-state index in [9.17, 15) is 32.9 Å². The summed E-state index contributed by atoms with van der Waals surface area (Å²) in [6.07, 6.45) is -4.84. The van der Waals surface area contributed by atoms with Crippen molar-refractivity contribution in [3.8, 4) is 0 Å². The molecule has 28 heavy (non-hydrogen) atoms. The summed E-state index contributed by atoms with van der Waals surface area (Å²) in [5.74, 6) is -1.24. The summed E-state index contributed by atoms with van der Waals surface area (Å²) in [5, 5.41) is 14.9. The lowest BCUT2D eigenvalue weighted by Crippen LogP contribution is -2.32. The number of halogens is 3. The number of nitro benzene ring substituents is 1. The molecule has 0 bridgehead atoms. The fourth-order valence-corrected chi connectivity index (χ4v) is 3.66. The van der Waals surface area contributed by atoms with Crippen molar-refractivity contribution in [2.75, 3.05) is 10.6 Å². The van der Waals surface area contributed by atoms with Crippen LogP contribution in [0.5, 0.6) is 0 Å². The average Bonchev–Trinajstić information content (AvgIpc) is 2.61. The van der Waals surface area contributed by atoms with Gasteiger partial charge in [-0.15, -0.1) is 11.8 Å². The molecule has 0 spiro atoms. The second-order valence-corrected chi connectivity index (χ2v) is 7.08. The molecular formula is C17H12F3N3O4S. The van der Waals surface area contributed by atoms with Gasteiger partial charge < -0.3 is 10.6 Å². The summed E-state index contributed by atoms with van der Waals surface area (Å²) in [7, 11) is 0. The van der Waals surface area contributed by atoms with E-state index in [0.29, 0.717) is 4.90 Å². The number of alkyl halides is 3. The number of benzene rings is 2. The highest BCUT2D eigenvalue weighted by Crippen LogP contribution is 2.40. The van der Waals surface area contributed by atoms with Gasteiger partial charge in [-0.1, -0.05) is 12.1 Å². The first-order valence-electron chi connectivity index (χ1n) is 7.87. The molecule has 3 rings (SSSR count). The van der Waals surface area contributed by atoms with Gasteiger partial charge in [-0.05, 0) is 24.3 Å². The van der Waals surface area contributed by atoms with Crippen molar-refractivity contribution in [2.45, 2.75) is 22.7 Å². The lowest BCUT2D eigenvalue weighted by molar-refractivity contribution is -0.383. The van der Waals surface area contributed by atoms with E-state index >= 15 is 0 Å². The van der Waals surface area contributed by atoms with Crippen molar-refractivity contribution in [3.63, 3.8) is 0 Å². The smallest absolute Gasteiger partial charge is 0.324 e. The van der Waals surface area contributed by atoms with Gasteiger partial charge in [0, 0.05) is 17.4 Å². The normalized spacial score (nSPS) is 16.1. The number of nitrogens with zero attached hydrogens (tertiary/aromatic N) is 1. The molecule has 11 heteroatoms. The Bertz CT molecular complexity index is 965. The number of nitro groups is 1. The van der Waals surface area contributed by atoms with E-state index in [4.69, 9.17) is 0 Å². The summed E-state index contributed by atoms with van der Waals surface area (Å²) >= 11 is 0.960. The predicted molar refractivity (Wildman–Crippen MR) is 96.1 cm³/mol. The maximum Gasteiger partial charge on any atom is 0.416 e. The Labute approximate surface area is 160 Å². The van der Waals surface area contributed by atoms with Crippen LogP contribution in [0.15, 0.2) is 47.4 Å². The largest absolute Gasteiger partial charge is 0.416 e. The Hall–Kier alpha value is -3.08. The highest BCUT2D eigenvalue weighted by atomic mass is 32.2.